The number of para-hydroxylation sites is 1. The number of thioether (sulfide) groups is 1. The van der Waals surface area contributed by atoms with Crippen molar-refractivity contribution in [2.45, 2.75) is 10.4 Å². The van der Waals surface area contributed by atoms with Gasteiger partial charge in [-0.3, -0.25) is 0 Å². The lowest BCUT2D eigenvalue weighted by Crippen LogP contribution is -2.33. The molecule has 0 aliphatic carbocycles. The Morgan fingerprint density at radius 3 is 2.63 bits per heavy atom. The van der Waals surface area contributed by atoms with E-state index in [1.165, 1.54) is 36.2 Å². The van der Waals surface area contributed by atoms with Gasteiger partial charge in [-0.15, -0.1) is 0 Å². The van der Waals surface area contributed by atoms with Crippen molar-refractivity contribution < 1.29 is 23.1 Å². The molecule has 2 amide bonds. The Balaban J connectivity index is 2.81. The number of likely N-dealkylation sites (N-methyl/N-ethyl adjacent to an activating group) is 1. The van der Waals surface area contributed by atoms with Crippen molar-refractivity contribution in [1.29, 1.82) is 0 Å². The number of urea groups is 1. The van der Waals surface area contributed by atoms with Crippen molar-refractivity contribution >= 4 is 23.5 Å². The summed E-state index contributed by atoms with van der Waals surface area (Å²) in [6.07, 6.45) is 0. The molecule has 106 valence electrons. The normalized spacial score (nSPS) is 11.2. The minimum absolute atomic E-state index is 0.0826. The van der Waals surface area contributed by atoms with Gasteiger partial charge in [0, 0.05) is 18.5 Å². The number of nitrogens with zero attached hydrogens (tertiary/aromatic N) is 1. The third-order valence-corrected chi connectivity index (χ3v) is 2.94. The van der Waals surface area contributed by atoms with Crippen LogP contribution in [0.2, 0.25) is 0 Å². The second-order valence-corrected chi connectivity index (χ2v) is 4.73. The van der Waals surface area contributed by atoms with E-state index in [1.54, 1.807) is 0 Å². The first-order valence-corrected chi connectivity index (χ1v) is 6.13. The van der Waals surface area contributed by atoms with Crippen LogP contribution in [0.25, 0.3) is 0 Å². The van der Waals surface area contributed by atoms with Gasteiger partial charge in [-0.1, -0.05) is 12.1 Å². The SMILES string of the molecule is CN(CCO)C(=O)Nc1ccccc1SC(F)(F)F. The second-order valence-electron chi connectivity index (χ2n) is 3.62. The third-order valence-electron chi connectivity index (χ3n) is 2.14. The van der Waals surface area contributed by atoms with Crippen molar-refractivity contribution in [2.24, 2.45) is 0 Å². The summed E-state index contributed by atoms with van der Waals surface area (Å²) in [6, 6.07) is 5.08. The molecule has 19 heavy (non-hydrogen) atoms. The Labute approximate surface area is 112 Å². The summed E-state index contributed by atoms with van der Waals surface area (Å²) >= 11 is -0.288. The van der Waals surface area contributed by atoms with E-state index >= 15 is 0 Å². The molecule has 2 N–H and O–H groups in total. The Bertz CT molecular complexity index is 440. The van der Waals surface area contributed by atoms with Gasteiger partial charge in [0.1, 0.15) is 0 Å². The Morgan fingerprint density at radius 2 is 2.05 bits per heavy atom. The molecule has 0 aliphatic heterocycles. The first-order chi connectivity index (χ1) is 8.83. The Kier molecular flexibility index (Phi) is 5.49. The zero-order valence-corrected chi connectivity index (χ0v) is 10.9. The number of alkyl halides is 3. The van der Waals surface area contributed by atoms with Crippen molar-refractivity contribution in [2.75, 3.05) is 25.5 Å². The number of nitrogens with one attached hydrogen (secondary N) is 1. The number of amides is 2. The first-order valence-electron chi connectivity index (χ1n) is 5.31. The maximum Gasteiger partial charge on any atom is 0.446 e. The lowest BCUT2D eigenvalue weighted by atomic mass is 10.3. The van der Waals surface area contributed by atoms with Gasteiger partial charge in [-0.05, 0) is 23.9 Å². The van der Waals surface area contributed by atoms with Crippen LogP contribution in [-0.2, 0) is 0 Å². The van der Waals surface area contributed by atoms with E-state index < -0.39 is 11.5 Å². The lowest BCUT2D eigenvalue weighted by Gasteiger charge is -2.18. The highest BCUT2D eigenvalue weighted by Gasteiger charge is 2.30. The fraction of sp³-hybridized carbons (Fsp3) is 0.364. The molecule has 0 aromatic heterocycles. The van der Waals surface area contributed by atoms with E-state index in [2.05, 4.69) is 5.32 Å². The van der Waals surface area contributed by atoms with Crippen molar-refractivity contribution in [3.63, 3.8) is 0 Å². The van der Waals surface area contributed by atoms with Gasteiger partial charge in [0.2, 0.25) is 0 Å². The van der Waals surface area contributed by atoms with E-state index in [1.807, 2.05) is 0 Å². The summed E-state index contributed by atoms with van der Waals surface area (Å²) in [5.41, 5.74) is -4.34. The number of benzene rings is 1. The third kappa shape index (κ3) is 5.39. The van der Waals surface area contributed by atoms with Gasteiger partial charge in [-0.2, -0.15) is 13.2 Å². The van der Waals surface area contributed by atoms with Crippen molar-refractivity contribution in [3.05, 3.63) is 24.3 Å². The number of hydrogen-bond donors (Lipinski definition) is 2. The van der Waals surface area contributed by atoms with Gasteiger partial charge in [0.05, 0.1) is 12.3 Å². The average molecular weight is 294 g/mol. The molecular formula is C11H13F3N2O2S. The van der Waals surface area contributed by atoms with Gasteiger partial charge >= 0.3 is 11.5 Å². The highest BCUT2D eigenvalue weighted by atomic mass is 32.2. The average Bonchev–Trinajstić information content (AvgIpc) is 2.30. The summed E-state index contributed by atoms with van der Waals surface area (Å²) in [5, 5.41) is 11.1. The zero-order valence-electron chi connectivity index (χ0n) is 10.1. The molecule has 4 nitrogen and oxygen atoms in total. The van der Waals surface area contributed by atoms with Crippen LogP contribution < -0.4 is 5.32 Å². The van der Waals surface area contributed by atoms with Crippen LogP contribution in [-0.4, -0.2) is 41.7 Å². The highest BCUT2D eigenvalue weighted by molar-refractivity contribution is 8.00. The number of anilines is 1. The van der Waals surface area contributed by atoms with Crippen LogP contribution in [0.5, 0.6) is 0 Å². The monoisotopic (exact) mass is 294 g/mol. The van der Waals surface area contributed by atoms with Crippen LogP contribution in [0, 0.1) is 0 Å². The van der Waals surface area contributed by atoms with Crippen LogP contribution in [0.3, 0.4) is 0 Å². The quantitative estimate of drug-likeness (QED) is 0.840. The summed E-state index contributed by atoms with van der Waals surface area (Å²) in [7, 11) is 1.44. The number of hydrogen-bond acceptors (Lipinski definition) is 3. The second kappa shape index (κ2) is 6.67. The maximum absolute atomic E-state index is 12.3. The predicted molar refractivity (Wildman–Crippen MR) is 67.1 cm³/mol. The standard InChI is InChI=1S/C11H13F3N2O2S/c1-16(6-7-17)10(18)15-8-4-2-3-5-9(8)19-11(12,13)14/h2-5,17H,6-7H2,1H3,(H,15,18). The van der Waals surface area contributed by atoms with E-state index in [0.717, 1.165) is 0 Å². The molecule has 0 saturated heterocycles. The van der Waals surface area contributed by atoms with Gasteiger partial charge in [0.25, 0.3) is 0 Å². The van der Waals surface area contributed by atoms with E-state index in [-0.39, 0.29) is 35.5 Å². The molecule has 1 rings (SSSR count). The predicted octanol–water partition coefficient (Wildman–Crippen LogP) is 2.75. The number of halogens is 3. The van der Waals surface area contributed by atoms with Crippen LogP contribution in [0.1, 0.15) is 0 Å². The molecule has 0 heterocycles. The van der Waals surface area contributed by atoms with Crippen molar-refractivity contribution in [1.82, 2.24) is 4.90 Å². The van der Waals surface area contributed by atoms with Crippen LogP contribution in [0.15, 0.2) is 29.2 Å². The van der Waals surface area contributed by atoms with Gasteiger partial charge in [0.15, 0.2) is 0 Å². The van der Waals surface area contributed by atoms with Crippen LogP contribution >= 0.6 is 11.8 Å². The van der Waals surface area contributed by atoms with Gasteiger partial charge < -0.3 is 15.3 Å². The van der Waals surface area contributed by atoms with E-state index in [0.29, 0.717) is 0 Å². The van der Waals surface area contributed by atoms with E-state index in [4.69, 9.17) is 5.11 Å². The molecule has 0 radical (unpaired) electrons. The number of carbonyl (C=O) groups excluding carboxylic acids is 1. The smallest absolute Gasteiger partial charge is 0.395 e. The molecule has 0 atom stereocenters. The number of rotatable bonds is 4. The fourth-order valence-corrected chi connectivity index (χ4v) is 1.87. The first kappa shape index (κ1) is 15.6. The maximum atomic E-state index is 12.3. The molecule has 8 heteroatoms. The largest absolute Gasteiger partial charge is 0.446 e. The summed E-state index contributed by atoms with van der Waals surface area (Å²) in [4.78, 5) is 12.7. The zero-order chi connectivity index (χ0) is 14.5. The summed E-state index contributed by atoms with van der Waals surface area (Å²) in [6.45, 7) is -0.122. The molecule has 0 saturated carbocycles. The topological polar surface area (TPSA) is 52.6 Å². The lowest BCUT2D eigenvalue weighted by molar-refractivity contribution is -0.0328. The molecule has 1 aromatic rings. The van der Waals surface area contributed by atoms with Crippen molar-refractivity contribution in [3.8, 4) is 0 Å². The van der Waals surface area contributed by atoms with Gasteiger partial charge in [-0.25, -0.2) is 4.79 Å². The summed E-state index contributed by atoms with van der Waals surface area (Å²) < 4.78 is 37.0. The Hall–Kier alpha value is -1.41. The summed E-state index contributed by atoms with van der Waals surface area (Å²) in [5.74, 6) is 0. The minimum Gasteiger partial charge on any atom is -0.395 e. The minimum atomic E-state index is -4.42. The molecule has 0 bridgehead atoms. The molecule has 0 unspecified atom stereocenters. The number of aliphatic hydroxyl groups is 1. The molecule has 0 fully saturated rings. The fourth-order valence-electron chi connectivity index (χ4n) is 1.25. The number of aliphatic hydroxyl groups excluding tert-OH is 1. The molecule has 0 aliphatic rings. The highest BCUT2D eigenvalue weighted by Crippen LogP contribution is 2.40. The molecular weight excluding hydrogens is 281 g/mol. The number of carbonyl (C=O) groups is 1. The molecule has 1 aromatic carbocycles. The molecule has 0 spiro atoms. The van der Waals surface area contributed by atoms with E-state index in [9.17, 15) is 18.0 Å². The van der Waals surface area contributed by atoms with Crippen LogP contribution in [0.4, 0.5) is 23.7 Å². The Morgan fingerprint density at radius 1 is 1.42 bits per heavy atom.